The van der Waals surface area contributed by atoms with E-state index in [1.54, 1.807) is 0 Å². The van der Waals surface area contributed by atoms with Crippen molar-refractivity contribution in [2.45, 2.75) is 13.8 Å². The zero-order valence-electron chi connectivity index (χ0n) is 6.80. The first-order chi connectivity index (χ1) is 4.74. The third-order valence-corrected chi connectivity index (χ3v) is 2.38. The topological polar surface area (TPSA) is 3.24 Å². The molecule has 0 amide bonds. The highest BCUT2D eigenvalue weighted by Crippen LogP contribution is 2.20. The molecule has 0 radical (unpaired) electrons. The largest absolute Gasteiger partial charge is 0.292 e. The van der Waals surface area contributed by atoms with Crippen LogP contribution in [0.25, 0.3) is 0 Å². The number of likely N-dealkylation sites (tertiary alicyclic amines) is 1. The fraction of sp³-hybridized carbons (Fsp3) is 0.778. The Morgan fingerprint density at radius 1 is 1.40 bits per heavy atom. The normalized spacial score (nSPS) is 34.1. The standard InChI is InChI=1S/C9H15N/c1-4-5-10-6-8(2)9(3)7-10/h1,8-9H,5-7H2,2-3H3. The van der Waals surface area contributed by atoms with Gasteiger partial charge < -0.3 is 0 Å². The van der Waals surface area contributed by atoms with E-state index in [0.29, 0.717) is 0 Å². The van der Waals surface area contributed by atoms with Crippen molar-refractivity contribution < 1.29 is 0 Å². The molecule has 1 rings (SSSR count). The fourth-order valence-electron chi connectivity index (χ4n) is 1.51. The van der Waals surface area contributed by atoms with Crippen molar-refractivity contribution in [2.75, 3.05) is 19.6 Å². The molecule has 1 fully saturated rings. The molecule has 1 heterocycles. The summed E-state index contributed by atoms with van der Waals surface area (Å²) in [6, 6.07) is 0. The zero-order valence-corrected chi connectivity index (χ0v) is 6.80. The van der Waals surface area contributed by atoms with Gasteiger partial charge in [-0.3, -0.25) is 4.90 Å². The molecule has 0 aliphatic carbocycles. The van der Waals surface area contributed by atoms with Crippen LogP contribution in [0.1, 0.15) is 13.8 Å². The van der Waals surface area contributed by atoms with Crippen LogP contribution in [0.5, 0.6) is 0 Å². The lowest BCUT2D eigenvalue weighted by atomic mass is 10.0. The Morgan fingerprint density at radius 3 is 2.30 bits per heavy atom. The molecule has 1 aliphatic rings. The van der Waals surface area contributed by atoms with Crippen molar-refractivity contribution in [3.8, 4) is 12.3 Å². The Labute approximate surface area is 63.4 Å². The predicted molar refractivity (Wildman–Crippen MR) is 43.6 cm³/mol. The van der Waals surface area contributed by atoms with Crippen molar-refractivity contribution in [1.29, 1.82) is 0 Å². The minimum absolute atomic E-state index is 0.827. The first-order valence-electron chi connectivity index (χ1n) is 3.90. The van der Waals surface area contributed by atoms with E-state index in [4.69, 9.17) is 6.42 Å². The van der Waals surface area contributed by atoms with E-state index in [-0.39, 0.29) is 0 Å². The minimum Gasteiger partial charge on any atom is -0.292 e. The molecule has 1 nitrogen and oxygen atoms in total. The lowest BCUT2D eigenvalue weighted by Gasteiger charge is -2.09. The average Bonchev–Trinajstić information content (AvgIpc) is 2.14. The monoisotopic (exact) mass is 137 g/mol. The van der Waals surface area contributed by atoms with Crippen molar-refractivity contribution in [3.05, 3.63) is 0 Å². The van der Waals surface area contributed by atoms with E-state index in [1.807, 2.05) is 0 Å². The van der Waals surface area contributed by atoms with Gasteiger partial charge in [0.1, 0.15) is 0 Å². The third kappa shape index (κ3) is 1.52. The van der Waals surface area contributed by atoms with Crippen LogP contribution in [0.15, 0.2) is 0 Å². The molecule has 0 N–H and O–H groups in total. The van der Waals surface area contributed by atoms with Gasteiger partial charge in [0.05, 0.1) is 6.54 Å². The Hall–Kier alpha value is -0.480. The second kappa shape index (κ2) is 3.07. The van der Waals surface area contributed by atoms with Gasteiger partial charge in [-0.2, -0.15) is 0 Å². The molecule has 1 saturated heterocycles. The first kappa shape index (κ1) is 7.63. The van der Waals surface area contributed by atoms with Gasteiger partial charge in [-0.05, 0) is 11.8 Å². The molecule has 0 saturated carbocycles. The minimum atomic E-state index is 0.827. The van der Waals surface area contributed by atoms with Gasteiger partial charge in [0.2, 0.25) is 0 Å². The maximum atomic E-state index is 5.21. The highest BCUT2D eigenvalue weighted by atomic mass is 15.1. The molecule has 0 aromatic rings. The molecular formula is C9H15N. The van der Waals surface area contributed by atoms with E-state index in [2.05, 4.69) is 24.7 Å². The molecule has 56 valence electrons. The summed E-state index contributed by atoms with van der Waals surface area (Å²) in [5.74, 6) is 4.33. The van der Waals surface area contributed by atoms with Crippen LogP contribution in [0.3, 0.4) is 0 Å². The van der Waals surface area contributed by atoms with Crippen LogP contribution in [-0.2, 0) is 0 Å². The summed E-state index contributed by atoms with van der Waals surface area (Å²) < 4.78 is 0. The van der Waals surface area contributed by atoms with Crippen LogP contribution < -0.4 is 0 Å². The average molecular weight is 137 g/mol. The Balaban J connectivity index is 2.35. The van der Waals surface area contributed by atoms with Crippen LogP contribution in [0.4, 0.5) is 0 Å². The highest BCUT2D eigenvalue weighted by molar-refractivity contribution is 4.91. The quantitative estimate of drug-likeness (QED) is 0.491. The number of rotatable bonds is 1. The summed E-state index contributed by atoms with van der Waals surface area (Å²) in [5.41, 5.74) is 0. The molecule has 10 heavy (non-hydrogen) atoms. The summed E-state index contributed by atoms with van der Waals surface area (Å²) in [4.78, 5) is 2.34. The van der Waals surface area contributed by atoms with Gasteiger partial charge in [-0.1, -0.05) is 19.8 Å². The van der Waals surface area contributed by atoms with Crippen LogP contribution in [-0.4, -0.2) is 24.5 Å². The van der Waals surface area contributed by atoms with Crippen molar-refractivity contribution in [3.63, 3.8) is 0 Å². The second-order valence-corrected chi connectivity index (χ2v) is 3.35. The predicted octanol–water partition coefficient (Wildman–Crippen LogP) is 1.21. The molecular weight excluding hydrogens is 122 g/mol. The lowest BCUT2D eigenvalue weighted by molar-refractivity contribution is 0.365. The molecule has 1 heteroatoms. The SMILES string of the molecule is C#CCN1CC(C)C(C)C1. The lowest BCUT2D eigenvalue weighted by Crippen LogP contribution is -2.20. The first-order valence-corrected chi connectivity index (χ1v) is 3.90. The molecule has 1 aliphatic heterocycles. The summed E-state index contributed by atoms with van der Waals surface area (Å²) in [6.07, 6.45) is 5.21. The number of hydrogen-bond acceptors (Lipinski definition) is 1. The summed E-state index contributed by atoms with van der Waals surface area (Å²) >= 11 is 0. The Morgan fingerprint density at radius 2 is 1.90 bits per heavy atom. The maximum absolute atomic E-state index is 5.21. The van der Waals surface area contributed by atoms with E-state index in [9.17, 15) is 0 Å². The Kier molecular flexibility index (Phi) is 2.34. The number of hydrogen-bond donors (Lipinski definition) is 0. The van der Waals surface area contributed by atoms with Gasteiger partial charge >= 0.3 is 0 Å². The smallest absolute Gasteiger partial charge is 0.0599 e. The van der Waals surface area contributed by atoms with Gasteiger partial charge in [0, 0.05) is 13.1 Å². The fourth-order valence-corrected chi connectivity index (χ4v) is 1.51. The van der Waals surface area contributed by atoms with E-state index >= 15 is 0 Å². The summed E-state index contributed by atoms with van der Waals surface area (Å²) in [6.45, 7) is 7.79. The van der Waals surface area contributed by atoms with E-state index in [1.165, 1.54) is 13.1 Å². The molecule has 2 unspecified atom stereocenters. The molecule has 0 aromatic heterocycles. The van der Waals surface area contributed by atoms with Gasteiger partial charge in [0.15, 0.2) is 0 Å². The third-order valence-electron chi connectivity index (χ3n) is 2.38. The second-order valence-electron chi connectivity index (χ2n) is 3.35. The van der Waals surface area contributed by atoms with E-state index < -0.39 is 0 Å². The van der Waals surface area contributed by atoms with Gasteiger partial charge in [0.25, 0.3) is 0 Å². The summed E-state index contributed by atoms with van der Waals surface area (Å²) in [5, 5.41) is 0. The van der Waals surface area contributed by atoms with Crippen LogP contribution in [0.2, 0.25) is 0 Å². The Bertz CT molecular complexity index is 135. The number of nitrogens with zero attached hydrogens (tertiary/aromatic N) is 1. The van der Waals surface area contributed by atoms with E-state index in [0.717, 1.165) is 18.4 Å². The van der Waals surface area contributed by atoms with Crippen molar-refractivity contribution in [2.24, 2.45) is 11.8 Å². The molecule has 0 bridgehead atoms. The highest BCUT2D eigenvalue weighted by Gasteiger charge is 2.24. The molecule has 0 spiro atoms. The van der Waals surface area contributed by atoms with Crippen molar-refractivity contribution >= 4 is 0 Å². The van der Waals surface area contributed by atoms with Crippen LogP contribution in [0, 0.1) is 24.2 Å². The van der Waals surface area contributed by atoms with Gasteiger partial charge in [-0.25, -0.2) is 0 Å². The molecule has 0 aromatic carbocycles. The summed E-state index contributed by atoms with van der Waals surface area (Å²) in [7, 11) is 0. The number of terminal acetylenes is 1. The molecule has 2 atom stereocenters. The zero-order chi connectivity index (χ0) is 7.56. The van der Waals surface area contributed by atoms with Gasteiger partial charge in [-0.15, -0.1) is 6.42 Å². The maximum Gasteiger partial charge on any atom is 0.0599 e. The van der Waals surface area contributed by atoms with Crippen molar-refractivity contribution in [1.82, 2.24) is 4.90 Å². The van der Waals surface area contributed by atoms with Crippen LogP contribution >= 0.6 is 0 Å².